The van der Waals surface area contributed by atoms with E-state index in [9.17, 15) is 24.4 Å². The van der Waals surface area contributed by atoms with Gasteiger partial charge < -0.3 is 30.4 Å². The Kier molecular flexibility index (Phi) is 7.33. The zero-order chi connectivity index (χ0) is 29.9. The summed E-state index contributed by atoms with van der Waals surface area (Å²) in [6.07, 6.45) is -11.6. The number of nitrogens with one attached hydrogen (secondary N) is 2. The highest BCUT2D eigenvalue weighted by molar-refractivity contribution is 8.44. The van der Waals surface area contributed by atoms with Crippen molar-refractivity contribution in [1.29, 1.82) is 0 Å². The maximum Gasteiger partial charge on any atom is 0.386 e. The zero-order valence-corrected chi connectivity index (χ0v) is 22.6. The zero-order valence-electron chi connectivity index (χ0n) is 20.8. The molecule has 0 bridgehead atoms. The number of nitrogens with two attached hydrogens (primary N) is 1. The quantitative estimate of drug-likeness (QED) is 0.0951. The van der Waals surface area contributed by atoms with E-state index in [0.29, 0.717) is 0 Å². The van der Waals surface area contributed by atoms with Crippen LogP contribution in [-0.2, 0) is 23.1 Å². The number of halogens is 2. The van der Waals surface area contributed by atoms with Crippen molar-refractivity contribution in [3.8, 4) is 0 Å². The molecule has 1 unspecified atom stereocenters. The molecule has 4 aromatic rings. The Bertz CT molecular complexity index is 1800. The lowest BCUT2D eigenvalue weighted by Gasteiger charge is -2.25. The van der Waals surface area contributed by atoms with Crippen LogP contribution in [0.2, 0.25) is 0 Å². The molecule has 2 aliphatic heterocycles. The summed E-state index contributed by atoms with van der Waals surface area (Å²) in [6, 6.07) is 0. The van der Waals surface area contributed by atoms with E-state index >= 15 is 8.78 Å². The first-order chi connectivity index (χ1) is 20.0. The van der Waals surface area contributed by atoms with Gasteiger partial charge in [-0.15, -0.1) is 5.10 Å². The largest absolute Gasteiger partial charge is 0.394 e. The van der Waals surface area contributed by atoms with Gasteiger partial charge in [0.2, 0.25) is 5.95 Å². The first-order valence-corrected chi connectivity index (χ1v) is 14.7. The van der Waals surface area contributed by atoms with E-state index in [1.54, 1.807) is 0 Å². The van der Waals surface area contributed by atoms with Crippen LogP contribution < -0.4 is 16.9 Å². The van der Waals surface area contributed by atoms with E-state index in [0.717, 1.165) is 21.9 Å². The number of alkyl halides is 2. The van der Waals surface area contributed by atoms with Crippen LogP contribution in [0.25, 0.3) is 22.3 Å². The Morgan fingerprint density at radius 3 is 2.64 bits per heavy atom. The van der Waals surface area contributed by atoms with Crippen LogP contribution in [0.3, 0.4) is 0 Å². The van der Waals surface area contributed by atoms with Crippen molar-refractivity contribution in [2.75, 3.05) is 18.9 Å². The number of hydrogen-bond acceptors (Lipinski definition) is 15. The maximum absolute atomic E-state index is 15.3. The van der Waals surface area contributed by atoms with Crippen LogP contribution in [-0.4, -0.2) is 105 Å². The van der Waals surface area contributed by atoms with Crippen molar-refractivity contribution >= 4 is 47.3 Å². The SMILES string of the molecule is Nc1nc2c(ncn2[C@@H]2O[C@H](CO)[C@H](F)[C@H]2OP(=O)(S)OC[C@H]2O[C@@H](n3nnc4c(=O)[nH]cnc43)[C@@H](F)[C@@H]2O)c(=O)[nH]1. The van der Waals surface area contributed by atoms with E-state index in [-0.39, 0.29) is 28.3 Å². The Labute approximate surface area is 235 Å². The average molecular weight is 634 g/mol. The van der Waals surface area contributed by atoms with Crippen LogP contribution in [0.15, 0.2) is 22.2 Å². The molecular formula is C19H21F2N10O9PS. The summed E-state index contributed by atoms with van der Waals surface area (Å²) in [5, 5.41) is 27.3. The molecule has 0 aliphatic carbocycles. The second-order valence-corrected chi connectivity index (χ2v) is 12.1. The first-order valence-electron chi connectivity index (χ1n) is 12.0. The summed E-state index contributed by atoms with van der Waals surface area (Å²) in [5.74, 6) is -0.274. The molecule has 0 radical (unpaired) electrons. The van der Waals surface area contributed by atoms with Gasteiger partial charge in [-0.25, -0.2) is 23.3 Å². The molecule has 9 atom stereocenters. The van der Waals surface area contributed by atoms with Crippen molar-refractivity contribution in [2.24, 2.45) is 0 Å². The maximum atomic E-state index is 15.3. The Hall–Kier alpha value is -3.37. The highest BCUT2D eigenvalue weighted by Crippen LogP contribution is 2.57. The molecule has 0 aromatic carbocycles. The summed E-state index contributed by atoms with van der Waals surface area (Å²) in [5.41, 5.74) is 3.69. The van der Waals surface area contributed by atoms with Gasteiger partial charge in [-0.05, 0) is 0 Å². The molecule has 2 saturated heterocycles. The summed E-state index contributed by atoms with van der Waals surface area (Å²) in [4.78, 5) is 40.4. The molecule has 0 amide bonds. The van der Waals surface area contributed by atoms with Crippen molar-refractivity contribution in [1.82, 2.24) is 44.5 Å². The number of nitrogen functional groups attached to an aromatic ring is 1. The number of aliphatic hydroxyl groups is 2. The number of fused-ring (bicyclic) bond motifs is 2. The second-order valence-electron chi connectivity index (χ2n) is 9.24. The first kappa shape index (κ1) is 28.7. The predicted molar refractivity (Wildman–Crippen MR) is 137 cm³/mol. The Balaban J connectivity index is 1.19. The minimum atomic E-state index is -4.52. The number of thiol groups is 1. The number of anilines is 1. The Morgan fingerprint density at radius 2 is 1.88 bits per heavy atom. The number of aromatic amines is 2. The third-order valence-corrected chi connectivity index (χ3v) is 8.24. The monoisotopic (exact) mass is 634 g/mol. The molecule has 23 heteroatoms. The molecular weight excluding hydrogens is 613 g/mol. The molecule has 2 fully saturated rings. The number of aromatic nitrogens is 9. The fourth-order valence-corrected chi connectivity index (χ4v) is 6.10. The van der Waals surface area contributed by atoms with Gasteiger partial charge in [0.25, 0.3) is 11.1 Å². The highest BCUT2D eigenvalue weighted by Gasteiger charge is 2.51. The van der Waals surface area contributed by atoms with Crippen LogP contribution >= 0.6 is 19.0 Å². The second kappa shape index (κ2) is 10.7. The molecule has 6 rings (SSSR count). The van der Waals surface area contributed by atoms with Crippen molar-refractivity contribution in [2.45, 2.75) is 49.2 Å². The predicted octanol–water partition coefficient (Wildman–Crippen LogP) is -1.51. The number of imidazole rings is 1. The standard InChI is InChI=1S/C19H21F2N10O9PS/c20-7-5(1-32)38-18(30-4-25-9-14(30)26-19(22)27-16(9)35)12(7)40-41(36,42)37-2-6-11(33)8(21)17(39-6)31-13-10(28-29-31)15(34)24-3-23-13/h3-8,11-12,17-18,32-33H,1-2H2,(H,36,42)(H,23,24,34)(H3,22,26,27,35)/t5-,6-,7+,8+,11-,12-,17-,18-,41?/m1/s1. The van der Waals surface area contributed by atoms with Gasteiger partial charge in [0.15, 0.2) is 47.1 Å². The molecule has 6 N–H and O–H groups in total. The normalized spacial score (nSPS) is 31.3. The summed E-state index contributed by atoms with van der Waals surface area (Å²) >= 11 is 3.88. The molecule has 226 valence electrons. The van der Waals surface area contributed by atoms with E-state index in [2.05, 4.69) is 47.5 Å². The fraction of sp³-hybridized carbons (Fsp3) is 0.526. The van der Waals surface area contributed by atoms with Gasteiger partial charge >= 0.3 is 6.80 Å². The minimum Gasteiger partial charge on any atom is -0.394 e. The Morgan fingerprint density at radius 1 is 1.12 bits per heavy atom. The van der Waals surface area contributed by atoms with Crippen molar-refractivity contribution in [3.05, 3.63) is 33.4 Å². The average Bonchev–Trinajstić information content (AvgIpc) is 3.69. The third kappa shape index (κ3) is 4.88. The number of H-pyrrole nitrogens is 2. The lowest BCUT2D eigenvalue weighted by Crippen LogP contribution is -2.33. The molecule has 2 aliphatic rings. The highest BCUT2D eigenvalue weighted by atomic mass is 32.7. The summed E-state index contributed by atoms with van der Waals surface area (Å²) in [6.45, 7) is -6.06. The molecule has 0 spiro atoms. The topological polar surface area (TPSA) is 260 Å². The lowest BCUT2D eigenvalue weighted by molar-refractivity contribution is -0.0554. The van der Waals surface area contributed by atoms with Gasteiger partial charge in [-0.3, -0.25) is 28.2 Å². The number of aliphatic hydroxyl groups excluding tert-OH is 2. The molecule has 6 heterocycles. The summed E-state index contributed by atoms with van der Waals surface area (Å²) in [7, 11) is 0. The molecule has 0 saturated carbocycles. The van der Waals surface area contributed by atoms with Gasteiger partial charge in [0.1, 0.15) is 24.4 Å². The number of nitrogens with zero attached hydrogens (tertiary/aromatic N) is 7. The van der Waals surface area contributed by atoms with E-state index in [1.807, 2.05) is 0 Å². The number of rotatable bonds is 8. The molecule has 4 aromatic heterocycles. The van der Waals surface area contributed by atoms with Crippen molar-refractivity contribution < 1.29 is 42.1 Å². The smallest absolute Gasteiger partial charge is 0.386 e. The van der Waals surface area contributed by atoms with E-state index < -0.39 is 80.3 Å². The van der Waals surface area contributed by atoms with Crippen LogP contribution in [0, 0.1) is 0 Å². The van der Waals surface area contributed by atoms with Gasteiger partial charge in [0.05, 0.1) is 25.9 Å². The minimum absolute atomic E-state index is 0.116. The van der Waals surface area contributed by atoms with Crippen LogP contribution in [0.1, 0.15) is 12.5 Å². The summed E-state index contributed by atoms with van der Waals surface area (Å²) < 4.78 is 67.0. The van der Waals surface area contributed by atoms with Gasteiger partial charge in [0, 0.05) is 0 Å². The third-order valence-electron chi connectivity index (χ3n) is 6.63. The van der Waals surface area contributed by atoms with E-state index in [1.165, 1.54) is 0 Å². The van der Waals surface area contributed by atoms with Crippen molar-refractivity contribution in [3.63, 3.8) is 0 Å². The molecule has 19 nitrogen and oxygen atoms in total. The van der Waals surface area contributed by atoms with Crippen LogP contribution in [0.4, 0.5) is 14.7 Å². The fourth-order valence-electron chi connectivity index (χ4n) is 4.65. The van der Waals surface area contributed by atoms with E-state index in [4.69, 9.17) is 24.3 Å². The van der Waals surface area contributed by atoms with Gasteiger partial charge in [-0.2, -0.15) is 9.67 Å². The van der Waals surface area contributed by atoms with Gasteiger partial charge in [-0.1, -0.05) is 17.5 Å². The molecule has 42 heavy (non-hydrogen) atoms. The number of ether oxygens (including phenoxy) is 2. The lowest BCUT2D eigenvalue weighted by atomic mass is 10.1. The van der Waals surface area contributed by atoms with Crippen LogP contribution in [0.5, 0.6) is 0 Å². The number of hydrogen-bond donors (Lipinski definition) is 6.